The molecule has 0 aliphatic rings. The quantitative estimate of drug-likeness (QED) is 0.163. The molecule has 0 saturated carbocycles. The average molecular weight is 771 g/mol. The van der Waals surface area contributed by atoms with Gasteiger partial charge in [-0.25, -0.2) is 0 Å². The standard InChI is InChI=1S/C60H34O/c1-2-11-39-31-42(19-17-35(39)9-1)44-25-21-37-24-28-50-47(26-22-38-23-27-49(44)57(37)58(38)50)51-29-30-52(60-59(51)54-32-40-12-3-4-13-41(40)34-55(54)61-60)53-33-43-20-18-36-10-5-6-14-45(36)56(43)48-16-8-7-15-46(48)53/h1-34H. The van der Waals surface area contributed by atoms with Gasteiger partial charge >= 0.3 is 0 Å². The zero-order chi connectivity index (χ0) is 39.8. The molecule has 0 aliphatic carbocycles. The van der Waals surface area contributed by atoms with Gasteiger partial charge in [0, 0.05) is 16.3 Å². The van der Waals surface area contributed by atoms with E-state index >= 15 is 0 Å². The minimum atomic E-state index is 0.899. The first-order valence-electron chi connectivity index (χ1n) is 21.2. The first-order chi connectivity index (χ1) is 30.2. The van der Waals surface area contributed by atoms with Crippen LogP contribution in [-0.4, -0.2) is 0 Å². The SMILES string of the molecule is c1ccc2cc(-c3ccc4ccc5c(-c6ccc(-c7cc8ccc9ccccc9c8c8ccccc78)c7oc8cc9ccccc9cc8c67)ccc6ccc3c4c65)ccc2c1. The van der Waals surface area contributed by atoms with E-state index in [0.717, 1.165) is 27.5 Å². The van der Waals surface area contributed by atoms with E-state index in [1.54, 1.807) is 0 Å². The molecule has 0 radical (unpaired) electrons. The van der Waals surface area contributed by atoms with Gasteiger partial charge in [0.1, 0.15) is 11.2 Å². The van der Waals surface area contributed by atoms with Crippen molar-refractivity contribution in [2.45, 2.75) is 0 Å². The van der Waals surface area contributed by atoms with Crippen LogP contribution in [0.1, 0.15) is 0 Å². The molecule has 0 fully saturated rings. The highest BCUT2D eigenvalue weighted by atomic mass is 16.3. The van der Waals surface area contributed by atoms with E-state index in [1.807, 2.05) is 0 Å². The van der Waals surface area contributed by atoms with Gasteiger partial charge in [-0.05, 0) is 144 Å². The lowest BCUT2D eigenvalue weighted by Crippen LogP contribution is -1.91. The Hall–Kier alpha value is -8.00. The first kappa shape index (κ1) is 32.9. The zero-order valence-corrected chi connectivity index (χ0v) is 33.0. The molecule has 61 heavy (non-hydrogen) atoms. The Morgan fingerprint density at radius 2 is 0.770 bits per heavy atom. The predicted molar refractivity (Wildman–Crippen MR) is 261 cm³/mol. The Morgan fingerprint density at radius 1 is 0.230 bits per heavy atom. The van der Waals surface area contributed by atoms with Gasteiger partial charge in [-0.15, -0.1) is 0 Å². The van der Waals surface area contributed by atoms with Crippen molar-refractivity contribution in [2.75, 3.05) is 0 Å². The van der Waals surface area contributed by atoms with Gasteiger partial charge in [0.05, 0.1) is 0 Å². The lowest BCUT2D eigenvalue weighted by atomic mass is 9.85. The van der Waals surface area contributed by atoms with Crippen LogP contribution in [0, 0.1) is 0 Å². The summed E-state index contributed by atoms with van der Waals surface area (Å²) in [5.41, 5.74) is 8.97. The molecule has 1 aromatic heterocycles. The molecule has 1 heterocycles. The fourth-order valence-electron chi connectivity index (χ4n) is 10.7. The molecule has 0 atom stereocenters. The molecule has 0 N–H and O–H groups in total. The maximum atomic E-state index is 7.16. The highest BCUT2D eigenvalue weighted by molar-refractivity contribution is 6.30. The summed E-state index contributed by atoms with van der Waals surface area (Å²) in [7, 11) is 0. The fraction of sp³-hybridized carbons (Fsp3) is 0. The lowest BCUT2D eigenvalue weighted by Gasteiger charge is -2.18. The molecule has 0 spiro atoms. The lowest BCUT2D eigenvalue weighted by molar-refractivity contribution is 0.670. The van der Waals surface area contributed by atoms with E-state index < -0.39 is 0 Å². The van der Waals surface area contributed by atoms with Crippen LogP contribution in [0.4, 0.5) is 0 Å². The van der Waals surface area contributed by atoms with Crippen molar-refractivity contribution in [3.8, 4) is 33.4 Å². The van der Waals surface area contributed by atoms with Crippen molar-refractivity contribution in [1.82, 2.24) is 0 Å². The third-order valence-electron chi connectivity index (χ3n) is 13.5. The summed E-state index contributed by atoms with van der Waals surface area (Å²) in [4.78, 5) is 0. The van der Waals surface area contributed by atoms with Gasteiger partial charge < -0.3 is 4.42 Å². The number of furan rings is 1. The van der Waals surface area contributed by atoms with Crippen LogP contribution in [0.3, 0.4) is 0 Å². The summed E-state index contributed by atoms with van der Waals surface area (Å²) in [6.45, 7) is 0. The zero-order valence-electron chi connectivity index (χ0n) is 33.0. The van der Waals surface area contributed by atoms with Crippen molar-refractivity contribution < 1.29 is 4.42 Å². The second kappa shape index (κ2) is 12.3. The van der Waals surface area contributed by atoms with E-state index in [4.69, 9.17) is 4.42 Å². The highest BCUT2D eigenvalue weighted by Crippen LogP contribution is 2.49. The van der Waals surface area contributed by atoms with Gasteiger partial charge in [-0.1, -0.05) is 176 Å². The molecule has 0 aliphatic heterocycles. The fourth-order valence-corrected chi connectivity index (χ4v) is 10.7. The summed E-state index contributed by atoms with van der Waals surface area (Å²) in [6, 6.07) is 76.4. The maximum Gasteiger partial charge on any atom is 0.143 e. The number of hydrogen-bond acceptors (Lipinski definition) is 1. The molecule has 1 heteroatoms. The van der Waals surface area contributed by atoms with Crippen molar-refractivity contribution in [1.29, 1.82) is 0 Å². The van der Waals surface area contributed by atoms with Gasteiger partial charge in [0.15, 0.2) is 0 Å². The summed E-state index contributed by atoms with van der Waals surface area (Å²) in [5, 5.41) is 22.3. The van der Waals surface area contributed by atoms with Crippen LogP contribution in [0.5, 0.6) is 0 Å². The molecule has 13 aromatic carbocycles. The summed E-state index contributed by atoms with van der Waals surface area (Å²) in [6.07, 6.45) is 0. The molecule has 0 amide bonds. The second-order valence-corrected chi connectivity index (χ2v) is 16.7. The average Bonchev–Trinajstić information content (AvgIpc) is 3.70. The Kier molecular flexibility index (Phi) is 6.62. The van der Waals surface area contributed by atoms with E-state index in [-0.39, 0.29) is 0 Å². The molecule has 0 bridgehead atoms. The smallest absolute Gasteiger partial charge is 0.143 e. The van der Waals surface area contributed by atoms with Gasteiger partial charge in [0.25, 0.3) is 0 Å². The van der Waals surface area contributed by atoms with Crippen molar-refractivity contribution in [3.05, 3.63) is 206 Å². The number of rotatable bonds is 3. The van der Waals surface area contributed by atoms with Crippen LogP contribution in [0.15, 0.2) is 211 Å². The minimum Gasteiger partial charge on any atom is -0.455 e. The van der Waals surface area contributed by atoms with Crippen molar-refractivity contribution in [2.24, 2.45) is 0 Å². The van der Waals surface area contributed by atoms with E-state index in [1.165, 1.54) is 114 Å². The third kappa shape index (κ3) is 4.66. The monoisotopic (exact) mass is 770 g/mol. The molecule has 14 aromatic rings. The van der Waals surface area contributed by atoms with Crippen LogP contribution < -0.4 is 0 Å². The Labute approximate surface area is 350 Å². The van der Waals surface area contributed by atoms with E-state index in [0.29, 0.717) is 0 Å². The van der Waals surface area contributed by atoms with Crippen molar-refractivity contribution >= 4 is 108 Å². The van der Waals surface area contributed by atoms with Gasteiger partial charge in [-0.2, -0.15) is 0 Å². The molecular weight excluding hydrogens is 737 g/mol. The summed E-state index contributed by atoms with van der Waals surface area (Å²) < 4.78 is 7.16. The molecular formula is C60H34O. The molecule has 1 nitrogen and oxygen atoms in total. The Morgan fingerprint density at radius 3 is 1.56 bits per heavy atom. The molecule has 280 valence electrons. The molecule has 0 saturated heterocycles. The van der Waals surface area contributed by atoms with E-state index in [9.17, 15) is 0 Å². The number of fused-ring (bicyclic) bond motifs is 10. The second-order valence-electron chi connectivity index (χ2n) is 16.7. The maximum absolute atomic E-state index is 7.16. The highest BCUT2D eigenvalue weighted by Gasteiger charge is 2.23. The Bertz CT molecular complexity index is 4170. The largest absolute Gasteiger partial charge is 0.455 e. The van der Waals surface area contributed by atoms with E-state index in [2.05, 4.69) is 206 Å². The number of hydrogen-bond donors (Lipinski definition) is 0. The number of benzene rings is 13. The van der Waals surface area contributed by atoms with Gasteiger partial charge in [-0.3, -0.25) is 0 Å². The summed E-state index contributed by atoms with van der Waals surface area (Å²) >= 11 is 0. The third-order valence-corrected chi connectivity index (χ3v) is 13.5. The van der Waals surface area contributed by atoms with Crippen LogP contribution in [-0.2, 0) is 0 Å². The first-order valence-corrected chi connectivity index (χ1v) is 21.2. The summed E-state index contributed by atoms with van der Waals surface area (Å²) in [5.74, 6) is 0. The van der Waals surface area contributed by atoms with Crippen LogP contribution in [0.25, 0.3) is 141 Å². The Balaban J connectivity index is 1.06. The molecule has 0 unspecified atom stereocenters. The van der Waals surface area contributed by atoms with Gasteiger partial charge in [0.2, 0.25) is 0 Å². The van der Waals surface area contributed by atoms with Crippen molar-refractivity contribution in [3.63, 3.8) is 0 Å². The minimum absolute atomic E-state index is 0.899. The normalized spacial score (nSPS) is 12.3. The predicted octanol–water partition coefficient (Wildman–Crippen LogP) is 17.3. The van der Waals surface area contributed by atoms with Crippen LogP contribution >= 0.6 is 0 Å². The van der Waals surface area contributed by atoms with Crippen LogP contribution in [0.2, 0.25) is 0 Å². The topological polar surface area (TPSA) is 13.1 Å². The molecule has 14 rings (SSSR count).